The standard InChI is InChI=1S/C16H22N4O2S2/c1-13-6-5-10-20(12-13)24(21,22)18-14-7-3-4-8-15(14)23-16-17-9-11-19(16)2/h3-4,7-9,11,13,18H,5-6,10,12H2,1-2H3. The normalized spacial score (nSPS) is 19.3. The van der Waals surface area contributed by atoms with Gasteiger partial charge in [0.15, 0.2) is 5.16 Å². The van der Waals surface area contributed by atoms with Crippen molar-refractivity contribution in [2.24, 2.45) is 13.0 Å². The molecule has 1 fully saturated rings. The Labute approximate surface area is 147 Å². The quantitative estimate of drug-likeness (QED) is 0.883. The predicted octanol–water partition coefficient (Wildman–Crippen LogP) is 2.96. The number of nitrogens with zero attached hydrogens (tertiary/aromatic N) is 3. The van der Waals surface area contributed by atoms with Crippen molar-refractivity contribution in [2.75, 3.05) is 17.8 Å². The van der Waals surface area contributed by atoms with E-state index in [2.05, 4.69) is 16.6 Å². The molecule has 1 aliphatic rings. The first-order valence-corrected chi connectivity index (χ1v) is 10.2. The number of aromatic nitrogens is 2. The van der Waals surface area contributed by atoms with E-state index < -0.39 is 10.2 Å². The highest BCUT2D eigenvalue weighted by molar-refractivity contribution is 7.99. The topological polar surface area (TPSA) is 67.2 Å². The van der Waals surface area contributed by atoms with Crippen LogP contribution in [0.15, 0.2) is 46.7 Å². The van der Waals surface area contributed by atoms with Gasteiger partial charge in [-0.1, -0.05) is 19.1 Å². The van der Waals surface area contributed by atoms with Gasteiger partial charge in [-0.2, -0.15) is 12.7 Å². The van der Waals surface area contributed by atoms with Crippen molar-refractivity contribution in [2.45, 2.75) is 29.8 Å². The van der Waals surface area contributed by atoms with Crippen molar-refractivity contribution in [3.05, 3.63) is 36.7 Å². The van der Waals surface area contributed by atoms with Gasteiger partial charge >= 0.3 is 10.2 Å². The van der Waals surface area contributed by atoms with Gasteiger partial charge in [0.2, 0.25) is 0 Å². The van der Waals surface area contributed by atoms with Crippen molar-refractivity contribution in [3.63, 3.8) is 0 Å². The number of hydrogen-bond acceptors (Lipinski definition) is 4. The first kappa shape index (κ1) is 17.3. The molecule has 1 aromatic carbocycles. The van der Waals surface area contributed by atoms with Crippen molar-refractivity contribution in [1.82, 2.24) is 13.9 Å². The largest absolute Gasteiger partial charge is 0.329 e. The molecule has 130 valence electrons. The molecule has 0 spiro atoms. The smallest absolute Gasteiger partial charge is 0.301 e. The average Bonchev–Trinajstić information content (AvgIpc) is 2.94. The summed E-state index contributed by atoms with van der Waals surface area (Å²) in [6, 6.07) is 7.41. The van der Waals surface area contributed by atoms with E-state index in [0.29, 0.717) is 24.7 Å². The van der Waals surface area contributed by atoms with Crippen LogP contribution < -0.4 is 4.72 Å². The fourth-order valence-electron chi connectivity index (χ4n) is 2.76. The second-order valence-corrected chi connectivity index (χ2v) is 8.81. The van der Waals surface area contributed by atoms with Crippen LogP contribution in [0.3, 0.4) is 0 Å². The first-order chi connectivity index (χ1) is 11.5. The molecule has 0 amide bonds. The minimum Gasteiger partial charge on any atom is -0.329 e. The summed E-state index contributed by atoms with van der Waals surface area (Å²) in [5.74, 6) is 0.396. The molecule has 1 aromatic heterocycles. The van der Waals surface area contributed by atoms with Crippen LogP contribution >= 0.6 is 11.8 Å². The van der Waals surface area contributed by atoms with E-state index in [4.69, 9.17) is 0 Å². The van der Waals surface area contributed by atoms with E-state index in [1.807, 2.05) is 36.0 Å². The number of hydrogen-bond donors (Lipinski definition) is 1. The van der Waals surface area contributed by atoms with Gasteiger partial charge < -0.3 is 4.57 Å². The zero-order valence-corrected chi connectivity index (χ0v) is 15.5. The fraction of sp³-hybridized carbons (Fsp3) is 0.438. The van der Waals surface area contributed by atoms with E-state index in [0.717, 1.165) is 22.9 Å². The Kier molecular flexibility index (Phi) is 5.17. The number of benzene rings is 1. The van der Waals surface area contributed by atoms with E-state index in [1.165, 1.54) is 11.8 Å². The van der Waals surface area contributed by atoms with Gasteiger partial charge in [-0.3, -0.25) is 4.72 Å². The number of rotatable bonds is 5. The van der Waals surface area contributed by atoms with Gasteiger partial charge in [0.05, 0.1) is 5.69 Å². The average molecular weight is 367 g/mol. The SMILES string of the molecule is CC1CCCN(S(=O)(=O)Nc2ccccc2Sc2nccn2C)C1. The summed E-state index contributed by atoms with van der Waals surface area (Å²) >= 11 is 1.44. The third-order valence-corrected chi connectivity index (χ3v) is 6.71. The van der Waals surface area contributed by atoms with Gasteiger partial charge in [-0.25, -0.2) is 4.98 Å². The number of anilines is 1. The van der Waals surface area contributed by atoms with Crippen molar-refractivity contribution < 1.29 is 8.42 Å². The summed E-state index contributed by atoms with van der Waals surface area (Å²) in [6.07, 6.45) is 5.58. The maximum Gasteiger partial charge on any atom is 0.301 e. The number of para-hydroxylation sites is 1. The molecule has 1 N–H and O–H groups in total. The van der Waals surface area contributed by atoms with Crippen LogP contribution in [0.4, 0.5) is 5.69 Å². The summed E-state index contributed by atoms with van der Waals surface area (Å²) in [4.78, 5) is 5.12. The number of nitrogens with one attached hydrogen (secondary N) is 1. The van der Waals surface area contributed by atoms with Gasteiger partial charge in [-0.05, 0) is 42.7 Å². The summed E-state index contributed by atoms with van der Waals surface area (Å²) in [6.45, 7) is 3.24. The highest BCUT2D eigenvalue weighted by Crippen LogP contribution is 2.33. The molecule has 1 atom stereocenters. The first-order valence-electron chi connectivity index (χ1n) is 7.98. The minimum atomic E-state index is -3.54. The molecule has 1 unspecified atom stereocenters. The Morgan fingerprint density at radius 1 is 1.33 bits per heavy atom. The van der Waals surface area contributed by atoms with Gasteiger partial charge in [0.25, 0.3) is 0 Å². The Hall–Kier alpha value is -1.51. The minimum absolute atomic E-state index is 0.396. The summed E-state index contributed by atoms with van der Waals surface area (Å²) < 4.78 is 31.6. The second-order valence-electron chi connectivity index (χ2n) is 6.13. The van der Waals surface area contributed by atoms with Crippen molar-refractivity contribution >= 4 is 27.7 Å². The molecule has 3 rings (SSSR count). The number of aryl methyl sites for hydroxylation is 1. The number of piperidine rings is 1. The third kappa shape index (κ3) is 3.93. The highest BCUT2D eigenvalue weighted by Gasteiger charge is 2.27. The molecule has 0 bridgehead atoms. The van der Waals surface area contributed by atoms with E-state index in [1.54, 1.807) is 16.6 Å². The molecule has 0 radical (unpaired) electrons. The van der Waals surface area contributed by atoms with Crippen LogP contribution in [0.5, 0.6) is 0 Å². The van der Waals surface area contributed by atoms with Crippen LogP contribution in [-0.4, -0.2) is 35.4 Å². The van der Waals surface area contributed by atoms with E-state index >= 15 is 0 Å². The molecule has 2 heterocycles. The lowest BCUT2D eigenvalue weighted by molar-refractivity contribution is 0.282. The molecule has 6 nitrogen and oxygen atoms in total. The maximum atomic E-state index is 12.7. The molecule has 1 aliphatic heterocycles. The summed E-state index contributed by atoms with van der Waals surface area (Å²) in [5.41, 5.74) is 0.587. The van der Waals surface area contributed by atoms with Crippen LogP contribution in [0.2, 0.25) is 0 Å². The zero-order chi connectivity index (χ0) is 17.2. The summed E-state index contributed by atoms with van der Waals surface area (Å²) in [5, 5.41) is 0.813. The van der Waals surface area contributed by atoms with Gasteiger partial charge in [-0.15, -0.1) is 0 Å². The van der Waals surface area contributed by atoms with E-state index in [-0.39, 0.29) is 0 Å². The molecule has 2 aromatic rings. The number of imidazole rings is 1. The molecule has 0 aliphatic carbocycles. The molecular formula is C16H22N4O2S2. The lowest BCUT2D eigenvalue weighted by Gasteiger charge is -2.30. The summed E-state index contributed by atoms with van der Waals surface area (Å²) in [7, 11) is -1.62. The van der Waals surface area contributed by atoms with Crippen molar-refractivity contribution in [3.8, 4) is 0 Å². The molecule has 1 saturated heterocycles. The van der Waals surface area contributed by atoms with Crippen LogP contribution in [0.1, 0.15) is 19.8 Å². The maximum absolute atomic E-state index is 12.7. The lowest BCUT2D eigenvalue weighted by Crippen LogP contribution is -2.42. The lowest BCUT2D eigenvalue weighted by atomic mass is 10.0. The third-order valence-electron chi connectivity index (χ3n) is 4.06. The Bertz CT molecular complexity index is 804. The molecular weight excluding hydrogens is 344 g/mol. The van der Waals surface area contributed by atoms with E-state index in [9.17, 15) is 8.42 Å². The highest BCUT2D eigenvalue weighted by atomic mass is 32.2. The fourth-order valence-corrected chi connectivity index (χ4v) is 5.12. The van der Waals surface area contributed by atoms with Crippen LogP contribution in [0.25, 0.3) is 0 Å². The predicted molar refractivity (Wildman–Crippen MR) is 96.3 cm³/mol. The van der Waals surface area contributed by atoms with Crippen LogP contribution in [-0.2, 0) is 17.3 Å². The van der Waals surface area contributed by atoms with Gasteiger partial charge in [0, 0.05) is 37.4 Å². The monoisotopic (exact) mass is 366 g/mol. The van der Waals surface area contributed by atoms with Crippen molar-refractivity contribution in [1.29, 1.82) is 0 Å². The Morgan fingerprint density at radius 2 is 2.12 bits per heavy atom. The molecule has 0 saturated carbocycles. The molecule has 8 heteroatoms. The Balaban J connectivity index is 1.81. The van der Waals surface area contributed by atoms with Crippen LogP contribution in [0, 0.1) is 5.92 Å². The zero-order valence-electron chi connectivity index (χ0n) is 13.8. The molecule has 24 heavy (non-hydrogen) atoms. The Morgan fingerprint density at radius 3 is 2.83 bits per heavy atom. The second kappa shape index (κ2) is 7.16. The van der Waals surface area contributed by atoms with Gasteiger partial charge in [0.1, 0.15) is 0 Å².